The summed E-state index contributed by atoms with van der Waals surface area (Å²) in [6.45, 7) is 12.9. The number of methoxy groups -OCH3 is 1. The van der Waals surface area contributed by atoms with Gasteiger partial charge >= 0.3 is 0 Å². The van der Waals surface area contributed by atoms with Crippen LogP contribution in [-0.2, 0) is 69.1 Å². The molecule has 10 aliphatic rings. The molecule has 0 aliphatic carbocycles. The number of fused-ring (bicyclic) bond motifs is 4. The fourth-order valence-corrected chi connectivity index (χ4v) is 21.2. The average molecular weight is 2130 g/mol. The second-order valence-electron chi connectivity index (χ2n) is 36.8. The number of alkyl halides is 1. The highest BCUT2D eigenvalue weighted by Crippen LogP contribution is 2.41. The van der Waals surface area contributed by atoms with Crippen molar-refractivity contribution in [2.24, 2.45) is 0 Å². The van der Waals surface area contributed by atoms with E-state index in [1.54, 1.807) is 71.5 Å². The van der Waals surface area contributed by atoms with E-state index >= 15 is 0 Å². The Morgan fingerprint density at radius 1 is 0.486 bits per heavy atom. The zero-order chi connectivity index (χ0) is 102. The summed E-state index contributed by atoms with van der Waals surface area (Å²) < 4.78 is 19.6. The van der Waals surface area contributed by atoms with E-state index in [-0.39, 0.29) is 98.8 Å². The number of imide groups is 4. The number of aliphatic hydroxyl groups excluding tert-OH is 2. The number of carbonyl (C=O) groups excluding carboxylic acids is 12. The second-order valence-corrected chi connectivity index (χ2v) is 42.1. The van der Waals surface area contributed by atoms with E-state index < -0.39 is 43.1 Å². The molecule has 4 atom stereocenters. The van der Waals surface area contributed by atoms with E-state index in [2.05, 4.69) is 142 Å². The number of para-hydroxylation sites is 1. The predicted octanol–water partition coefficient (Wildman–Crippen LogP) is 14.0. The molecule has 6 fully saturated rings. The Balaban J connectivity index is 0.000000189. The predicted molar refractivity (Wildman–Crippen MR) is 561 cm³/mol. The largest absolute Gasteiger partial charge is 0.494 e. The summed E-state index contributed by atoms with van der Waals surface area (Å²) >= 11 is 13.3. The highest BCUT2D eigenvalue weighted by Gasteiger charge is 2.45. The van der Waals surface area contributed by atoms with Crippen molar-refractivity contribution in [2.45, 2.75) is 231 Å². The van der Waals surface area contributed by atoms with Gasteiger partial charge in [0.2, 0.25) is 53.2 Å². The first-order chi connectivity index (χ1) is 69.2. The van der Waals surface area contributed by atoms with Gasteiger partial charge in [-0.25, -0.2) is 4.98 Å². The summed E-state index contributed by atoms with van der Waals surface area (Å²) in [6.07, 6.45) is 26.8. The summed E-state index contributed by atoms with van der Waals surface area (Å²) in [7, 11) is -0.880. The summed E-state index contributed by atoms with van der Waals surface area (Å²) in [4.78, 5) is 168. The number of nitrogens with zero attached hydrogens (tertiary/aromatic N) is 9. The molecule has 4 unspecified atom stereocenters. The highest BCUT2D eigenvalue weighted by atomic mass is 79.9. The third-order valence-corrected chi connectivity index (χ3v) is 29.9. The van der Waals surface area contributed by atoms with Gasteiger partial charge in [0.25, 0.3) is 23.6 Å². The van der Waals surface area contributed by atoms with E-state index in [4.69, 9.17) is 33.0 Å². The van der Waals surface area contributed by atoms with Crippen molar-refractivity contribution in [1.82, 2.24) is 60.6 Å². The molecule has 6 aromatic carbocycles. The topological polar surface area (TPSA) is 392 Å². The fourth-order valence-electron chi connectivity index (χ4n) is 19.0. The van der Waals surface area contributed by atoms with Gasteiger partial charge < -0.3 is 59.5 Å². The normalized spacial score (nSPS) is 18.6. The van der Waals surface area contributed by atoms with Crippen LogP contribution >= 0.6 is 50.6 Å². The van der Waals surface area contributed by atoms with Crippen LogP contribution in [0.1, 0.15) is 255 Å². The number of terminal acetylenes is 1. The number of aromatic nitrogens is 2. The fraction of sp³-hybridized carbons (Fsp3) is 0.450. The van der Waals surface area contributed by atoms with Crippen molar-refractivity contribution < 1.29 is 77.0 Å². The zero-order valence-corrected chi connectivity index (χ0v) is 85.8. The number of nitrogens with one attached hydrogen (secondary N) is 6. The van der Waals surface area contributed by atoms with Gasteiger partial charge in [-0.3, -0.25) is 83.7 Å². The molecule has 144 heavy (non-hydrogen) atoms. The van der Waals surface area contributed by atoms with Gasteiger partial charge in [-0.2, -0.15) is 4.98 Å². The van der Waals surface area contributed by atoms with Gasteiger partial charge in [0.15, 0.2) is 5.82 Å². The summed E-state index contributed by atoms with van der Waals surface area (Å²) in [6, 6.07) is 33.9. The standard InChI is InChI=1S/C48H57ClN9O5P.C20H21BrN2O3.C20H22N2O4.C13H11BrN2O3.C7H12O.CH4/c1-63-42-30-35(17-18-39(42)52-48-50-31-38(49)45(54-48)51-40-15-8-9-16-43(40)64(2,3)62)56-24-21-34(22-25-56)57-28-26-55(27-29-57)23-10-6-4-5-7-12-33-13-11-14-36-37(33)32-58(47(36)61)41-19-20-44(59)53-46(41)60;21-12-5-3-1-2-4-7-14-8-6-9-15-16(14)13-23(20(15)26)17-10-11-18(24)22-19(17)25;23-12-5-3-1-2-4-7-14-8-6-9-15-16(14)13-22(20(15)26)17-10-11-18(24)21-19(17)25;14-9-3-1-2-7-8(9)6-16(13(7)19)10-4-5-11(17)15-12(10)18;1-2-3-4-5-6-7-8;/h8-9,11,13-18,30-31,34,41H,4-6,10,19-29,32H2,1-3H3,(H,53,59,60)(H2,50,51,52,54);6,8-9,17H,1-3,5,10-13H2,(H,22,24,25);6,8-9,17,23H,1-3,5,10-13H2,(H,21,24,25);1-3,10H,4-6H2,(H,15,17,18);1,8H,3-7H2;1H4. The van der Waals surface area contributed by atoms with E-state index in [1.165, 1.54) is 11.1 Å². The minimum absolute atomic E-state index is 0. The molecule has 6 saturated heterocycles. The molecule has 11 heterocycles. The van der Waals surface area contributed by atoms with Crippen molar-refractivity contribution in [3.05, 3.63) is 192 Å². The van der Waals surface area contributed by atoms with Crippen LogP contribution in [0.4, 0.5) is 28.8 Å². The molecule has 35 heteroatoms. The van der Waals surface area contributed by atoms with E-state index in [0.29, 0.717) is 115 Å². The molecule has 10 aliphatic heterocycles. The number of piperidine rings is 5. The maximum Gasteiger partial charge on any atom is 0.255 e. The maximum absolute atomic E-state index is 13.1. The number of hydrogen-bond donors (Lipinski definition) is 8. The molecule has 0 spiro atoms. The minimum Gasteiger partial charge on any atom is -0.494 e. The minimum atomic E-state index is -2.54. The van der Waals surface area contributed by atoms with Crippen molar-refractivity contribution in [1.29, 1.82) is 0 Å². The lowest BCUT2D eigenvalue weighted by Gasteiger charge is -2.43. The third-order valence-electron chi connectivity index (χ3n) is 26.8. The van der Waals surface area contributed by atoms with Gasteiger partial charge in [0.05, 0.1) is 24.7 Å². The molecule has 7 aromatic rings. The number of aliphatic hydroxyl groups is 2. The van der Waals surface area contributed by atoms with Crippen molar-refractivity contribution in [2.75, 3.05) is 100 Å². The Morgan fingerprint density at radius 2 is 0.903 bits per heavy atom. The number of benzene rings is 6. The van der Waals surface area contributed by atoms with Crippen molar-refractivity contribution >= 4 is 156 Å². The van der Waals surface area contributed by atoms with Crippen LogP contribution < -0.4 is 46.8 Å². The third kappa shape index (κ3) is 29.1. The first-order valence-corrected chi connectivity index (χ1v) is 54.1. The number of carbonyl (C=O) groups is 12. The smallest absolute Gasteiger partial charge is 0.255 e. The highest BCUT2D eigenvalue weighted by molar-refractivity contribution is 9.10. The molecule has 12 amide bonds. The molecular weight excluding hydrogens is 2000 g/mol. The molecule has 17 rings (SSSR count). The van der Waals surface area contributed by atoms with Gasteiger partial charge in [-0.1, -0.05) is 148 Å². The van der Waals surface area contributed by atoms with E-state index in [9.17, 15) is 62.1 Å². The SMILES string of the molecule is C.C#CCCCCCO.COc1cc(N2CCC(N3CCN(CCCCCC#Cc4cccc5c4CN(C4CCC(=O)NC4=O)C5=O)CC3)CC2)ccc1Nc1ncc(Cl)c(Nc2ccccc2P(C)(C)=O)n1.O=C1CCC(N2Cc3c(Br)cccc3C2=O)C(=O)N1.O=C1CCC(N2Cc3c(C#CCCCCCBr)cccc3C2=O)C(=O)N1.O=C1CCC(N2Cc3c(C#CCCCCCO)cccc3C2=O)C(=O)N1. The maximum atomic E-state index is 13.1. The van der Waals surface area contributed by atoms with Crippen molar-refractivity contribution in [3.8, 4) is 53.6 Å². The Labute approximate surface area is 864 Å². The molecule has 0 saturated carbocycles. The molecule has 31 nitrogen and oxygen atoms in total. The van der Waals surface area contributed by atoms with Gasteiger partial charge in [-0.15, -0.1) is 12.3 Å². The Hall–Kier alpha value is -12.4. The number of hydrogen-bond acceptors (Lipinski definition) is 23. The summed E-state index contributed by atoms with van der Waals surface area (Å²) in [5.74, 6) is 19.9. The first-order valence-electron chi connectivity index (χ1n) is 49.2. The molecule has 8 N–H and O–H groups in total. The number of unbranched alkanes of at least 4 members (excludes halogenated alkanes) is 12. The number of anilines is 5. The number of rotatable bonds is 29. The second kappa shape index (κ2) is 54.0. The summed E-state index contributed by atoms with van der Waals surface area (Å²) in [5, 5.41) is 35.0. The van der Waals surface area contributed by atoms with Crippen molar-refractivity contribution in [3.63, 3.8) is 0 Å². The monoisotopic (exact) mass is 2130 g/mol. The van der Waals surface area contributed by atoms with Crippen LogP contribution in [0.15, 0.2) is 126 Å². The number of amides is 12. The van der Waals surface area contributed by atoms with Crippen LogP contribution in [0, 0.1) is 47.9 Å². The Kier molecular flexibility index (Phi) is 41.4. The summed E-state index contributed by atoms with van der Waals surface area (Å²) in [5.41, 5.74) is 11.0. The zero-order valence-electron chi connectivity index (χ0n) is 81.0. The van der Waals surface area contributed by atoms with Gasteiger partial charge in [-0.05, 0) is 205 Å². The molecule has 760 valence electrons. The number of ether oxygens (including phenoxy) is 1. The van der Waals surface area contributed by atoms with Crippen LogP contribution in [0.3, 0.4) is 0 Å². The quantitative estimate of drug-likeness (QED) is 0.00709. The van der Waals surface area contributed by atoms with E-state index in [1.807, 2.05) is 66.7 Å². The van der Waals surface area contributed by atoms with Crippen LogP contribution in [-0.4, -0.2) is 235 Å². The lowest BCUT2D eigenvalue weighted by atomic mass is 10.0. The van der Waals surface area contributed by atoms with Gasteiger partial charge in [0.1, 0.15) is 42.1 Å². The van der Waals surface area contributed by atoms with E-state index in [0.717, 1.165) is 227 Å². The van der Waals surface area contributed by atoms with Crippen LogP contribution in [0.25, 0.3) is 0 Å². The Bertz CT molecular complexity index is 6060. The molecular formula is C109H127Br2ClN15O16P. The first kappa shape index (κ1) is 110. The number of halogens is 3. The molecule has 0 bridgehead atoms. The lowest BCUT2D eigenvalue weighted by molar-refractivity contribution is -0.138. The van der Waals surface area contributed by atoms with Crippen LogP contribution in [0.5, 0.6) is 5.75 Å². The Morgan fingerprint density at radius 3 is 1.32 bits per heavy atom. The lowest BCUT2D eigenvalue weighted by Crippen LogP contribution is -2.53. The molecule has 0 radical (unpaired) electrons. The number of piperazine rings is 1. The molecule has 1 aromatic heterocycles. The average Bonchev–Trinajstić information content (AvgIpc) is 1.64. The van der Waals surface area contributed by atoms with Gasteiger partial charge in [0, 0.05) is 202 Å². The van der Waals surface area contributed by atoms with Crippen LogP contribution in [0.2, 0.25) is 5.02 Å².